The Kier molecular flexibility index (Phi) is 3.99. The first-order valence-electron chi connectivity index (χ1n) is 5.90. The summed E-state index contributed by atoms with van der Waals surface area (Å²) in [4.78, 5) is 13.6. The van der Waals surface area contributed by atoms with Gasteiger partial charge in [-0.15, -0.1) is 11.3 Å². The van der Waals surface area contributed by atoms with E-state index in [2.05, 4.69) is 24.4 Å². The molecule has 1 aromatic heterocycles. The van der Waals surface area contributed by atoms with Gasteiger partial charge in [-0.1, -0.05) is 6.92 Å². The maximum Gasteiger partial charge on any atom is 0.248 e. The zero-order valence-corrected chi connectivity index (χ0v) is 11.1. The SMILES string of the molecule is CCc1ccc(CNc2ccc(C(N)=O)cc2)s1. The molecule has 0 aliphatic rings. The van der Waals surface area contributed by atoms with E-state index in [1.807, 2.05) is 23.5 Å². The Morgan fingerprint density at radius 3 is 2.39 bits per heavy atom. The third-order valence-corrected chi connectivity index (χ3v) is 3.93. The normalized spacial score (nSPS) is 10.3. The number of nitrogens with one attached hydrogen (secondary N) is 1. The zero-order valence-electron chi connectivity index (χ0n) is 10.3. The van der Waals surface area contributed by atoms with Gasteiger partial charge in [0.2, 0.25) is 5.91 Å². The number of nitrogens with two attached hydrogens (primary N) is 1. The number of hydrogen-bond acceptors (Lipinski definition) is 3. The second-order valence-electron chi connectivity index (χ2n) is 4.02. The van der Waals surface area contributed by atoms with Gasteiger partial charge in [-0.2, -0.15) is 0 Å². The summed E-state index contributed by atoms with van der Waals surface area (Å²) >= 11 is 1.82. The maximum atomic E-state index is 10.9. The fourth-order valence-corrected chi connectivity index (χ4v) is 2.55. The first kappa shape index (κ1) is 12.6. The average Bonchev–Trinajstić information content (AvgIpc) is 2.85. The minimum absolute atomic E-state index is 0.396. The van der Waals surface area contributed by atoms with Gasteiger partial charge in [0.25, 0.3) is 0 Å². The van der Waals surface area contributed by atoms with Crippen molar-refractivity contribution in [1.82, 2.24) is 0 Å². The van der Waals surface area contributed by atoms with Crippen molar-refractivity contribution in [2.24, 2.45) is 5.73 Å². The molecule has 0 saturated carbocycles. The topological polar surface area (TPSA) is 55.1 Å². The monoisotopic (exact) mass is 260 g/mol. The number of primary amides is 1. The second kappa shape index (κ2) is 5.69. The van der Waals surface area contributed by atoms with Crippen LogP contribution < -0.4 is 11.1 Å². The standard InChI is InChI=1S/C14H16N2OS/c1-2-12-7-8-13(18-12)9-16-11-5-3-10(4-6-11)14(15)17/h3-8,16H,2,9H2,1H3,(H2,15,17). The fraction of sp³-hybridized carbons (Fsp3) is 0.214. The number of hydrogen-bond donors (Lipinski definition) is 2. The van der Waals surface area contributed by atoms with Gasteiger partial charge in [-0.25, -0.2) is 0 Å². The molecule has 1 aromatic carbocycles. The van der Waals surface area contributed by atoms with Crippen LogP contribution in [-0.2, 0) is 13.0 Å². The molecule has 0 unspecified atom stereocenters. The summed E-state index contributed by atoms with van der Waals surface area (Å²) in [5, 5.41) is 3.32. The molecular formula is C14H16N2OS. The summed E-state index contributed by atoms with van der Waals surface area (Å²) in [5.74, 6) is -0.396. The summed E-state index contributed by atoms with van der Waals surface area (Å²) in [6.07, 6.45) is 1.08. The fourth-order valence-electron chi connectivity index (χ4n) is 1.65. The highest BCUT2D eigenvalue weighted by Crippen LogP contribution is 2.18. The Bertz CT molecular complexity index is 531. The van der Waals surface area contributed by atoms with Crippen molar-refractivity contribution in [2.45, 2.75) is 19.9 Å². The van der Waals surface area contributed by atoms with Crippen LogP contribution in [0.2, 0.25) is 0 Å². The van der Waals surface area contributed by atoms with Crippen LogP contribution in [0.3, 0.4) is 0 Å². The van der Waals surface area contributed by atoms with Gasteiger partial charge in [-0.05, 0) is 42.8 Å². The van der Waals surface area contributed by atoms with Gasteiger partial charge in [0.1, 0.15) is 0 Å². The summed E-state index contributed by atoms with van der Waals surface area (Å²) in [6.45, 7) is 2.96. The van der Waals surface area contributed by atoms with Crippen molar-refractivity contribution < 1.29 is 4.79 Å². The van der Waals surface area contributed by atoms with Crippen molar-refractivity contribution in [2.75, 3.05) is 5.32 Å². The molecule has 0 atom stereocenters. The lowest BCUT2D eigenvalue weighted by atomic mass is 10.2. The van der Waals surface area contributed by atoms with E-state index in [4.69, 9.17) is 5.73 Å². The van der Waals surface area contributed by atoms with Crippen molar-refractivity contribution in [3.05, 3.63) is 51.7 Å². The smallest absolute Gasteiger partial charge is 0.248 e. The number of rotatable bonds is 5. The van der Waals surface area contributed by atoms with Gasteiger partial charge in [0.15, 0.2) is 0 Å². The number of carbonyl (C=O) groups excluding carboxylic acids is 1. The summed E-state index contributed by atoms with van der Waals surface area (Å²) in [7, 11) is 0. The predicted octanol–water partition coefficient (Wildman–Crippen LogP) is 3.02. The number of amides is 1. The van der Waals surface area contributed by atoms with Crippen LogP contribution in [0.4, 0.5) is 5.69 Å². The summed E-state index contributed by atoms with van der Waals surface area (Å²) in [5.41, 5.74) is 6.71. The third kappa shape index (κ3) is 3.11. The van der Waals surface area contributed by atoms with Crippen LogP contribution >= 0.6 is 11.3 Å². The number of anilines is 1. The molecule has 4 heteroatoms. The van der Waals surface area contributed by atoms with Gasteiger partial charge < -0.3 is 11.1 Å². The van der Waals surface area contributed by atoms with E-state index in [0.29, 0.717) is 5.56 Å². The molecule has 3 nitrogen and oxygen atoms in total. The van der Waals surface area contributed by atoms with Gasteiger partial charge in [-0.3, -0.25) is 4.79 Å². The van der Waals surface area contributed by atoms with Crippen LogP contribution in [0, 0.1) is 0 Å². The Hall–Kier alpha value is -1.81. The van der Waals surface area contributed by atoms with E-state index in [-0.39, 0.29) is 0 Å². The Balaban J connectivity index is 1.95. The second-order valence-corrected chi connectivity index (χ2v) is 5.27. The molecular weight excluding hydrogens is 244 g/mol. The van der Waals surface area contributed by atoms with Crippen LogP contribution in [0.1, 0.15) is 27.0 Å². The van der Waals surface area contributed by atoms with Crippen LogP contribution in [0.25, 0.3) is 0 Å². The van der Waals surface area contributed by atoms with Gasteiger partial charge in [0, 0.05) is 27.5 Å². The quantitative estimate of drug-likeness (QED) is 0.868. The first-order chi connectivity index (χ1) is 8.69. The Morgan fingerprint density at radius 1 is 1.17 bits per heavy atom. The molecule has 94 valence electrons. The molecule has 0 fully saturated rings. The first-order valence-corrected chi connectivity index (χ1v) is 6.72. The van der Waals surface area contributed by atoms with Crippen molar-refractivity contribution in [1.29, 1.82) is 0 Å². The highest BCUT2D eigenvalue weighted by Gasteiger charge is 2.01. The maximum absolute atomic E-state index is 10.9. The molecule has 1 heterocycles. The predicted molar refractivity (Wildman–Crippen MR) is 76.0 cm³/mol. The Labute approximate surface area is 111 Å². The number of aryl methyl sites for hydroxylation is 1. The third-order valence-electron chi connectivity index (χ3n) is 2.70. The van der Waals surface area contributed by atoms with Crippen molar-refractivity contribution >= 4 is 22.9 Å². The highest BCUT2D eigenvalue weighted by atomic mass is 32.1. The summed E-state index contributed by atoms with van der Waals surface area (Å²) < 4.78 is 0. The molecule has 0 aliphatic carbocycles. The van der Waals surface area contributed by atoms with Crippen LogP contribution in [0.5, 0.6) is 0 Å². The highest BCUT2D eigenvalue weighted by molar-refractivity contribution is 7.12. The van der Waals surface area contributed by atoms with Crippen molar-refractivity contribution in [3.8, 4) is 0 Å². The lowest BCUT2D eigenvalue weighted by molar-refractivity contribution is 0.100. The molecule has 2 aromatic rings. The lowest BCUT2D eigenvalue weighted by Gasteiger charge is -2.05. The van der Waals surface area contributed by atoms with E-state index in [1.54, 1.807) is 12.1 Å². The van der Waals surface area contributed by atoms with Gasteiger partial charge >= 0.3 is 0 Å². The number of benzene rings is 1. The lowest BCUT2D eigenvalue weighted by Crippen LogP contribution is -2.10. The van der Waals surface area contributed by atoms with E-state index >= 15 is 0 Å². The molecule has 2 rings (SSSR count). The van der Waals surface area contributed by atoms with E-state index in [0.717, 1.165) is 18.7 Å². The molecule has 1 amide bonds. The van der Waals surface area contributed by atoms with Crippen molar-refractivity contribution in [3.63, 3.8) is 0 Å². The zero-order chi connectivity index (χ0) is 13.0. The van der Waals surface area contributed by atoms with E-state index < -0.39 is 5.91 Å². The number of thiophene rings is 1. The van der Waals surface area contributed by atoms with E-state index in [9.17, 15) is 4.79 Å². The largest absolute Gasteiger partial charge is 0.380 e. The molecule has 0 aliphatic heterocycles. The minimum Gasteiger partial charge on any atom is -0.380 e. The van der Waals surface area contributed by atoms with Crippen LogP contribution in [0.15, 0.2) is 36.4 Å². The van der Waals surface area contributed by atoms with Gasteiger partial charge in [0.05, 0.1) is 0 Å². The van der Waals surface area contributed by atoms with E-state index in [1.165, 1.54) is 9.75 Å². The molecule has 18 heavy (non-hydrogen) atoms. The molecule has 0 spiro atoms. The Morgan fingerprint density at radius 2 is 1.83 bits per heavy atom. The summed E-state index contributed by atoms with van der Waals surface area (Å²) in [6, 6.07) is 11.5. The molecule has 3 N–H and O–H groups in total. The number of carbonyl (C=O) groups is 1. The molecule has 0 bridgehead atoms. The molecule has 0 saturated heterocycles. The van der Waals surface area contributed by atoms with Crippen LogP contribution in [-0.4, -0.2) is 5.91 Å². The average molecular weight is 260 g/mol. The molecule has 0 radical (unpaired) electrons. The minimum atomic E-state index is -0.396.